The quantitative estimate of drug-likeness (QED) is 0.502. The van der Waals surface area contributed by atoms with E-state index in [1.807, 2.05) is 37.4 Å². The Morgan fingerprint density at radius 1 is 1.06 bits per heavy atom. The lowest BCUT2D eigenvalue weighted by molar-refractivity contribution is -0.385. The van der Waals surface area contributed by atoms with Gasteiger partial charge in [0.1, 0.15) is 17.2 Å². The minimum Gasteiger partial charge on any atom is -0.542 e. The van der Waals surface area contributed by atoms with Crippen molar-refractivity contribution in [1.29, 1.82) is 0 Å². The van der Waals surface area contributed by atoms with Crippen LogP contribution < -0.4 is 10.1 Å². The topological polar surface area (TPSA) is 117 Å². The number of fused-ring (bicyclic) bond motifs is 3. The summed E-state index contributed by atoms with van der Waals surface area (Å²) in [6.07, 6.45) is -3.28. The number of rotatable bonds is 3. The Morgan fingerprint density at radius 2 is 1.69 bits per heavy atom. The van der Waals surface area contributed by atoms with Crippen LogP contribution >= 0.6 is 0 Å². The number of aryl methyl sites for hydroxylation is 1. The van der Waals surface area contributed by atoms with Gasteiger partial charge in [-0.3, -0.25) is 0 Å². The number of alkyl halides is 3. The number of carbonyl (C=O) groups is 2. The zero-order valence-corrected chi connectivity index (χ0v) is 16.6. The van der Waals surface area contributed by atoms with Crippen molar-refractivity contribution in [3.8, 4) is 5.75 Å². The Balaban J connectivity index is 0.000000360. The Kier molecular flexibility index (Phi) is 6.06. The van der Waals surface area contributed by atoms with Crippen LogP contribution in [-0.4, -0.2) is 32.9 Å². The third kappa shape index (κ3) is 4.64. The molecule has 0 saturated carbocycles. The van der Waals surface area contributed by atoms with Crippen molar-refractivity contribution in [2.24, 2.45) is 0 Å². The number of aromatic amines is 1. The van der Waals surface area contributed by atoms with Crippen LogP contribution in [0.2, 0.25) is 0 Å². The Hall–Kier alpha value is -4.08. The third-order valence-electron chi connectivity index (χ3n) is 4.77. The van der Waals surface area contributed by atoms with Gasteiger partial charge in [-0.15, -0.1) is 0 Å². The lowest BCUT2D eigenvalue weighted by atomic mass is 10.1. The molecule has 3 N–H and O–H groups in total. The van der Waals surface area contributed by atoms with Gasteiger partial charge in [0.15, 0.2) is 6.20 Å². The number of nitrogens with zero attached hydrogens (tertiary/aromatic N) is 1. The van der Waals surface area contributed by atoms with Gasteiger partial charge in [-0.25, -0.2) is 9.78 Å². The molecule has 0 unspecified atom stereocenters. The molecule has 0 radical (unpaired) electrons. The molecule has 2 aromatic carbocycles. The number of pyridine rings is 1. The van der Waals surface area contributed by atoms with Gasteiger partial charge < -0.3 is 24.7 Å². The van der Waals surface area contributed by atoms with Gasteiger partial charge in [0.2, 0.25) is 5.69 Å². The molecule has 0 bridgehead atoms. The molecule has 32 heavy (non-hydrogen) atoms. The predicted molar refractivity (Wildman–Crippen MR) is 106 cm³/mol. The Morgan fingerprint density at radius 3 is 2.25 bits per heavy atom. The van der Waals surface area contributed by atoms with Crippen LogP contribution in [0, 0.1) is 6.92 Å². The van der Waals surface area contributed by atoms with Crippen molar-refractivity contribution in [2.45, 2.75) is 19.6 Å². The second kappa shape index (κ2) is 8.58. The first-order valence-corrected chi connectivity index (χ1v) is 9.21. The van der Waals surface area contributed by atoms with Crippen LogP contribution in [0.3, 0.4) is 0 Å². The van der Waals surface area contributed by atoms with Crippen molar-refractivity contribution in [1.82, 2.24) is 4.57 Å². The van der Waals surface area contributed by atoms with E-state index < -0.39 is 18.1 Å². The summed E-state index contributed by atoms with van der Waals surface area (Å²) in [6, 6.07) is 14.3. The number of aromatic carboxylic acids is 1. The van der Waals surface area contributed by atoms with Crippen LogP contribution in [0.15, 0.2) is 54.7 Å². The van der Waals surface area contributed by atoms with Crippen LogP contribution in [0.4, 0.5) is 13.2 Å². The predicted octanol–water partition coefficient (Wildman–Crippen LogP) is 2.67. The number of carboxylic acid groups (broad SMARTS) is 2. The smallest absolute Gasteiger partial charge is 0.430 e. The zero-order chi connectivity index (χ0) is 23.6. The maximum atomic E-state index is 11.0. The number of hydrogen-bond acceptors (Lipinski definition) is 4. The van der Waals surface area contributed by atoms with E-state index in [0.29, 0.717) is 6.54 Å². The monoisotopic (exact) mass is 446 g/mol. The van der Waals surface area contributed by atoms with Gasteiger partial charge in [0.05, 0.1) is 11.1 Å². The summed E-state index contributed by atoms with van der Waals surface area (Å²) in [4.78, 5) is 23.0. The van der Waals surface area contributed by atoms with E-state index in [2.05, 4.69) is 9.55 Å². The third-order valence-corrected chi connectivity index (χ3v) is 4.77. The first-order valence-electron chi connectivity index (χ1n) is 9.21. The maximum Gasteiger partial charge on any atom is 0.430 e. The van der Waals surface area contributed by atoms with Crippen LogP contribution in [0.1, 0.15) is 21.6 Å². The Bertz CT molecular complexity index is 1310. The molecule has 4 aromatic rings. The minimum absolute atomic E-state index is 0.222. The number of aromatic hydroxyl groups is 1. The summed E-state index contributed by atoms with van der Waals surface area (Å²) in [5.41, 5.74) is 4.32. The highest BCUT2D eigenvalue weighted by Crippen LogP contribution is 2.32. The molecular formula is C22H17F3N2O5. The highest BCUT2D eigenvalue weighted by molar-refractivity contribution is 6.08. The number of halogens is 3. The summed E-state index contributed by atoms with van der Waals surface area (Å²) in [5.74, 6) is -3.72. The van der Waals surface area contributed by atoms with E-state index in [1.165, 1.54) is 0 Å². The fraction of sp³-hybridized carbons (Fsp3) is 0.136. The lowest BCUT2D eigenvalue weighted by Gasteiger charge is -2.08. The van der Waals surface area contributed by atoms with Crippen LogP contribution in [0.5, 0.6) is 5.75 Å². The molecule has 0 saturated heterocycles. The fourth-order valence-electron chi connectivity index (χ4n) is 3.36. The summed E-state index contributed by atoms with van der Waals surface area (Å²) in [6.45, 7) is 2.60. The zero-order valence-electron chi connectivity index (χ0n) is 16.6. The molecule has 7 nitrogen and oxygen atoms in total. The van der Waals surface area contributed by atoms with Crippen molar-refractivity contribution in [3.63, 3.8) is 0 Å². The molecule has 0 amide bonds. The largest absolute Gasteiger partial charge is 0.542 e. The summed E-state index contributed by atoms with van der Waals surface area (Å²) >= 11 is 0. The fourth-order valence-corrected chi connectivity index (χ4v) is 3.36. The van der Waals surface area contributed by atoms with Gasteiger partial charge in [0, 0.05) is 36.4 Å². The first kappa shape index (κ1) is 22.6. The van der Waals surface area contributed by atoms with E-state index in [1.54, 1.807) is 24.3 Å². The summed E-state index contributed by atoms with van der Waals surface area (Å²) < 4.78 is 33.7. The van der Waals surface area contributed by atoms with E-state index in [-0.39, 0.29) is 11.3 Å². The highest BCUT2D eigenvalue weighted by Gasteiger charge is 2.28. The van der Waals surface area contributed by atoms with Gasteiger partial charge in [-0.1, -0.05) is 12.1 Å². The molecule has 0 atom stereocenters. The average Bonchev–Trinajstić information content (AvgIpc) is 3.02. The number of carboxylic acids is 2. The van der Waals surface area contributed by atoms with Gasteiger partial charge in [0.25, 0.3) is 0 Å². The van der Waals surface area contributed by atoms with E-state index in [9.17, 15) is 23.1 Å². The normalized spacial score (nSPS) is 11.2. The molecule has 166 valence electrons. The number of hydrogen-bond donors (Lipinski definition) is 2. The number of benzene rings is 2. The van der Waals surface area contributed by atoms with Crippen molar-refractivity contribution < 1.29 is 43.1 Å². The van der Waals surface area contributed by atoms with Crippen molar-refractivity contribution in [2.75, 3.05) is 0 Å². The minimum atomic E-state index is -5.19. The van der Waals surface area contributed by atoms with E-state index in [0.717, 1.165) is 33.1 Å². The molecule has 0 aliphatic rings. The number of carbonyl (C=O) groups excluding carboxylic acids is 1. The molecule has 2 aromatic heterocycles. The maximum absolute atomic E-state index is 11.0. The van der Waals surface area contributed by atoms with Crippen molar-refractivity contribution in [3.05, 3.63) is 71.5 Å². The number of aromatic nitrogens is 2. The summed E-state index contributed by atoms with van der Waals surface area (Å²) in [5, 5.41) is 30.0. The van der Waals surface area contributed by atoms with Gasteiger partial charge >= 0.3 is 12.1 Å². The lowest BCUT2D eigenvalue weighted by Crippen LogP contribution is -2.37. The standard InChI is InChI=1S/C20H16N2O3.C2HF3O2/c1-12-19-17(8-9-21-12)16-7-6-15(23)10-18(16)22(19)11-13-2-4-14(5-3-13)20(24)25;3-2(4,5)1(6)7/h2-10,23H,11H2,1H3,(H,24,25);(H,6,7). The van der Waals surface area contributed by atoms with Gasteiger partial charge in [-0.05, 0) is 29.8 Å². The molecule has 0 aliphatic heterocycles. The molecule has 0 spiro atoms. The Labute approximate surface area is 179 Å². The molecule has 0 aliphatic carbocycles. The second-order valence-corrected chi connectivity index (χ2v) is 6.94. The molecular weight excluding hydrogens is 429 g/mol. The molecule has 10 heteroatoms. The second-order valence-electron chi connectivity index (χ2n) is 6.94. The van der Waals surface area contributed by atoms with Crippen LogP contribution in [-0.2, 0) is 11.3 Å². The first-order chi connectivity index (χ1) is 15.0. The van der Waals surface area contributed by atoms with E-state index >= 15 is 0 Å². The number of H-pyrrole nitrogens is 1. The summed E-state index contributed by atoms with van der Waals surface area (Å²) in [7, 11) is 0. The number of nitrogens with one attached hydrogen (secondary N) is 1. The van der Waals surface area contributed by atoms with Crippen LogP contribution in [0.25, 0.3) is 21.8 Å². The highest BCUT2D eigenvalue weighted by atomic mass is 19.4. The number of phenols is 1. The molecule has 4 rings (SSSR count). The van der Waals surface area contributed by atoms with E-state index in [4.69, 9.17) is 15.0 Å². The molecule has 0 fully saturated rings. The number of phenolic OH excluding ortho intramolecular Hbond substituents is 1. The van der Waals surface area contributed by atoms with Crippen molar-refractivity contribution >= 4 is 33.7 Å². The van der Waals surface area contributed by atoms with Gasteiger partial charge in [-0.2, -0.15) is 13.2 Å². The molecule has 2 heterocycles. The SMILES string of the molecule is Cc1[nH+]ccc2c3ccc(O)cc3n(Cc3ccc(C(=O)O)cc3)c12.O=C([O-])C(F)(F)F. The average molecular weight is 446 g/mol. The number of aliphatic carboxylic acids is 1.